The first-order valence-corrected chi connectivity index (χ1v) is 10.9. The van der Waals surface area contributed by atoms with Crippen molar-refractivity contribution in [3.8, 4) is 5.75 Å². The van der Waals surface area contributed by atoms with Gasteiger partial charge in [0.1, 0.15) is 5.75 Å². The van der Waals surface area contributed by atoms with Gasteiger partial charge in [0.25, 0.3) is 5.92 Å². The van der Waals surface area contributed by atoms with Crippen LogP contribution in [0.25, 0.3) is 17.0 Å². The van der Waals surface area contributed by atoms with Crippen LogP contribution in [0.5, 0.6) is 5.75 Å². The van der Waals surface area contributed by atoms with Crippen LogP contribution in [0.2, 0.25) is 0 Å². The lowest BCUT2D eigenvalue weighted by molar-refractivity contribution is -0.134. The van der Waals surface area contributed by atoms with Crippen molar-refractivity contribution >= 4 is 22.9 Å². The summed E-state index contributed by atoms with van der Waals surface area (Å²) in [5.41, 5.74) is 4.34. The molecule has 0 saturated carbocycles. The Bertz CT molecular complexity index is 1250. The Morgan fingerprint density at radius 2 is 2.06 bits per heavy atom. The Morgan fingerprint density at radius 1 is 1.29 bits per heavy atom. The van der Waals surface area contributed by atoms with Gasteiger partial charge in [-0.1, -0.05) is 24.3 Å². The van der Waals surface area contributed by atoms with Gasteiger partial charge < -0.3 is 9.47 Å². The molecule has 178 valence electrons. The maximum absolute atomic E-state index is 14.4. The predicted molar refractivity (Wildman–Crippen MR) is 127 cm³/mol. The van der Waals surface area contributed by atoms with Gasteiger partial charge in [0.15, 0.2) is 0 Å². The van der Waals surface area contributed by atoms with E-state index in [0.29, 0.717) is 12.2 Å². The van der Waals surface area contributed by atoms with Gasteiger partial charge in [-0.15, -0.1) is 6.58 Å². The molecule has 0 radical (unpaired) electrons. The molecule has 4 rings (SSSR count). The van der Waals surface area contributed by atoms with E-state index in [1.54, 1.807) is 36.4 Å². The average molecular weight is 468 g/mol. The SMILES string of the molecule is C=C[C@@H]1Cc2c(ccc3[nH]ncc23)[C@@H](c2ccc(/C=C/C(=O)OC)cc2OC)N1CC(C)(F)F. The Hall–Kier alpha value is -3.52. The van der Waals surface area contributed by atoms with Crippen molar-refractivity contribution in [1.29, 1.82) is 0 Å². The number of esters is 1. The number of nitrogens with zero attached hydrogens (tertiary/aromatic N) is 2. The van der Waals surface area contributed by atoms with Crippen molar-refractivity contribution in [3.05, 3.63) is 77.5 Å². The molecule has 0 amide bonds. The molecular formula is C26H27F2N3O3. The van der Waals surface area contributed by atoms with Gasteiger partial charge in [0.05, 0.1) is 38.5 Å². The van der Waals surface area contributed by atoms with Crippen molar-refractivity contribution in [2.75, 3.05) is 20.8 Å². The molecule has 0 bridgehead atoms. The van der Waals surface area contributed by atoms with Crippen LogP contribution in [-0.2, 0) is 16.0 Å². The maximum Gasteiger partial charge on any atom is 0.330 e. The molecular weight excluding hydrogens is 440 g/mol. The number of hydrogen-bond donors (Lipinski definition) is 1. The third-order valence-corrected chi connectivity index (χ3v) is 6.13. The standard InChI is InChI=1S/C26H27F2N3O3/c1-5-17-13-20-18(9-10-22-21(20)14-29-30-22)25(31(17)15-26(2,27)28)19-8-6-16(12-23(19)33-3)7-11-24(32)34-4/h5-12,14,17,25H,1,13,15H2,2-4H3,(H,29,30)/b11-7+/t17-,25+/m1/s1. The first-order chi connectivity index (χ1) is 16.3. The molecule has 1 aliphatic rings. The number of aromatic amines is 1. The third kappa shape index (κ3) is 4.59. The molecule has 34 heavy (non-hydrogen) atoms. The number of carbonyl (C=O) groups is 1. The van der Waals surface area contributed by atoms with E-state index < -0.39 is 24.5 Å². The molecule has 3 aromatic rings. The highest BCUT2D eigenvalue weighted by Crippen LogP contribution is 2.44. The minimum atomic E-state index is -2.91. The molecule has 2 heterocycles. The summed E-state index contributed by atoms with van der Waals surface area (Å²) in [6, 6.07) is 8.54. The number of nitrogens with one attached hydrogen (secondary N) is 1. The normalized spacial score (nSPS) is 18.7. The lowest BCUT2D eigenvalue weighted by atomic mass is 9.82. The Kier molecular flexibility index (Phi) is 6.52. The van der Waals surface area contributed by atoms with Crippen molar-refractivity contribution in [1.82, 2.24) is 15.1 Å². The fraction of sp³-hybridized carbons (Fsp3) is 0.308. The highest BCUT2D eigenvalue weighted by Gasteiger charge is 2.40. The summed E-state index contributed by atoms with van der Waals surface area (Å²) in [6.45, 7) is 4.43. The van der Waals surface area contributed by atoms with Crippen LogP contribution >= 0.6 is 0 Å². The molecule has 2 atom stereocenters. The van der Waals surface area contributed by atoms with E-state index >= 15 is 0 Å². The van der Waals surface area contributed by atoms with Crippen LogP contribution in [0.4, 0.5) is 8.78 Å². The van der Waals surface area contributed by atoms with E-state index in [9.17, 15) is 13.6 Å². The Labute approximate surface area is 196 Å². The molecule has 0 spiro atoms. The van der Waals surface area contributed by atoms with E-state index in [-0.39, 0.29) is 6.04 Å². The Balaban J connectivity index is 1.89. The number of H-pyrrole nitrogens is 1. The highest BCUT2D eigenvalue weighted by atomic mass is 19.3. The van der Waals surface area contributed by atoms with Gasteiger partial charge in [-0.05, 0) is 41.3 Å². The van der Waals surface area contributed by atoms with Crippen molar-refractivity contribution in [2.24, 2.45) is 0 Å². The minimum absolute atomic E-state index is 0.313. The van der Waals surface area contributed by atoms with Crippen molar-refractivity contribution < 1.29 is 23.0 Å². The van der Waals surface area contributed by atoms with Gasteiger partial charge in [-0.2, -0.15) is 5.10 Å². The number of aromatic nitrogens is 2. The maximum atomic E-state index is 14.4. The largest absolute Gasteiger partial charge is 0.496 e. The number of hydrogen-bond acceptors (Lipinski definition) is 5. The zero-order valence-corrected chi connectivity index (χ0v) is 19.3. The van der Waals surface area contributed by atoms with E-state index in [0.717, 1.165) is 40.1 Å². The zero-order valence-electron chi connectivity index (χ0n) is 19.3. The molecule has 0 unspecified atom stereocenters. The van der Waals surface area contributed by atoms with Gasteiger partial charge >= 0.3 is 5.97 Å². The molecule has 0 fully saturated rings. The number of rotatable bonds is 7. The van der Waals surface area contributed by atoms with Crippen LogP contribution in [-0.4, -0.2) is 53.8 Å². The second-order valence-electron chi connectivity index (χ2n) is 8.47. The number of alkyl halides is 2. The summed E-state index contributed by atoms with van der Waals surface area (Å²) in [5, 5.41) is 8.12. The van der Waals surface area contributed by atoms with E-state index in [2.05, 4.69) is 21.5 Å². The summed E-state index contributed by atoms with van der Waals surface area (Å²) in [7, 11) is 2.85. The van der Waals surface area contributed by atoms with Crippen LogP contribution in [0.1, 0.15) is 35.2 Å². The first kappa shape index (κ1) is 23.6. The molecule has 2 aromatic carbocycles. The quantitative estimate of drug-likeness (QED) is 0.304. The van der Waals surface area contributed by atoms with Crippen LogP contribution in [0.15, 0.2) is 55.3 Å². The first-order valence-electron chi connectivity index (χ1n) is 10.9. The second kappa shape index (κ2) is 9.38. The molecule has 1 N–H and O–H groups in total. The van der Waals surface area contributed by atoms with Gasteiger partial charge in [0.2, 0.25) is 0 Å². The number of carbonyl (C=O) groups excluding carboxylic acids is 1. The Morgan fingerprint density at radius 3 is 2.74 bits per heavy atom. The third-order valence-electron chi connectivity index (χ3n) is 6.13. The number of fused-ring (bicyclic) bond motifs is 3. The van der Waals surface area contributed by atoms with Gasteiger partial charge in [0, 0.05) is 30.0 Å². The molecule has 0 aliphatic carbocycles. The van der Waals surface area contributed by atoms with Crippen LogP contribution in [0, 0.1) is 0 Å². The highest BCUT2D eigenvalue weighted by molar-refractivity contribution is 5.87. The number of ether oxygens (including phenoxy) is 2. The van der Waals surface area contributed by atoms with Crippen molar-refractivity contribution in [2.45, 2.75) is 31.4 Å². The molecule has 1 aromatic heterocycles. The van der Waals surface area contributed by atoms with Crippen LogP contribution in [0.3, 0.4) is 0 Å². The molecule has 8 heteroatoms. The van der Waals surface area contributed by atoms with E-state index in [1.165, 1.54) is 13.2 Å². The summed E-state index contributed by atoms with van der Waals surface area (Å²) in [6.07, 6.45) is 6.97. The van der Waals surface area contributed by atoms with Gasteiger partial charge in [-0.3, -0.25) is 10.00 Å². The number of methoxy groups -OCH3 is 2. The van der Waals surface area contributed by atoms with Crippen LogP contribution < -0.4 is 4.74 Å². The molecule has 0 saturated heterocycles. The zero-order chi connectivity index (χ0) is 24.5. The number of benzene rings is 2. The summed E-state index contributed by atoms with van der Waals surface area (Å²) in [5.74, 6) is -2.85. The predicted octanol–water partition coefficient (Wildman–Crippen LogP) is 4.92. The summed E-state index contributed by atoms with van der Waals surface area (Å²) in [4.78, 5) is 13.3. The monoisotopic (exact) mass is 467 g/mol. The fourth-order valence-corrected chi connectivity index (χ4v) is 4.66. The lowest BCUT2D eigenvalue weighted by Gasteiger charge is -2.44. The van der Waals surface area contributed by atoms with Gasteiger partial charge in [-0.25, -0.2) is 13.6 Å². The van der Waals surface area contributed by atoms with E-state index in [1.807, 2.05) is 24.3 Å². The number of halogens is 2. The minimum Gasteiger partial charge on any atom is -0.496 e. The average Bonchev–Trinajstić information content (AvgIpc) is 3.30. The molecule has 6 nitrogen and oxygen atoms in total. The second-order valence-corrected chi connectivity index (χ2v) is 8.47. The fourth-order valence-electron chi connectivity index (χ4n) is 4.66. The topological polar surface area (TPSA) is 67.5 Å². The smallest absolute Gasteiger partial charge is 0.330 e. The lowest BCUT2D eigenvalue weighted by Crippen LogP contribution is -2.48. The summed E-state index contributed by atoms with van der Waals surface area (Å²) < 4.78 is 39.1. The van der Waals surface area contributed by atoms with Crippen molar-refractivity contribution in [3.63, 3.8) is 0 Å². The summed E-state index contributed by atoms with van der Waals surface area (Å²) >= 11 is 0. The van der Waals surface area contributed by atoms with E-state index in [4.69, 9.17) is 4.74 Å². The molecule has 1 aliphatic heterocycles.